The molecule has 3 amide bonds. The summed E-state index contributed by atoms with van der Waals surface area (Å²) in [6.45, 7) is 3.80. The number of carbonyl (C=O) groups excluding carboxylic acids is 3. The van der Waals surface area contributed by atoms with E-state index < -0.39 is 29.6 Å². The topological polar surface area (TPSA) is 93.5 Å². The van der Waals surface area contributed by atoms with Gasteiger partial charge in [0.2, 0.25) is 11.8 Å². The van der Waals surface area contributed by atoms with E-state index in [0.717, 1.165) is 19.3 Å². The molecule has 2 saturated carbocycles. The van der Waals surface area contributed by atoms with Crippen LogP contribution in [-0.4, -0.2) is 65.4 Å². The summed E-state index contributed by atoms with van der Waals surface area (Å²) >= 11 is 0. The summed E-state index contributed by atoms with van der Waals surface area (Å²) in [7, 11) is 1.47. The van der Waals surface area contributed by atoms with E-state index in [1.165, 1.54) is 23.8 Å². The maximum absolute atomic E-state index is 14.7. The standard InChI is InChI=1S/C20H29FN4O3/c1-13-7-15(8-22)25(9-13)16(26)10-24(3)17(27)14(2)23-18(28)20(21)11-19(12-20)5-4-6-19/h13-15H,4-7,9-12H2,1-3H3,(H,23,28). The van der Waals surface area contributed by atoms with Gasteiger partial charge in [-0.25, -0.2) is 4.39 Å². The van der Waals surface area contributed by atoms with Crippen molar-refractivity contribution in [3.05, 3.63) is 0 Å². The van der Waals surface area contributed by atoms with Gasteiger partial charge in [0.1, 0.15) is 12.1 Å². The molecule has 7 nitrogen and oxygen atoms in total. The first-order valence-corrected chi connectivity index (χ1v) is 10.0. The smallest absolute Gasteiger partial charge is 0.258 e. The number of carbonyl (C=O) groups is 3. The summed E-state index contributed by atoms with van der Waals surface area (Å²) in [5, 5.41) is 11.7. The molecule has 28 heavy (non-hydrogen) atoms. The molecule has 0 radical (unpaired) electrons. The van der Waals surface area contributed by atoms with Gasteiger partial charge in [0.25, 0.3) is 5.91 Å². The summed E-state index contributed by atoms with van der Waals surface area (Å²) in [6, 6.07) is 0.743. The lowest BCUT2D eigenvalue weighted by molar-refractivity contribution is -0.163. The van der Waals surface area contributed by atoms with Crippen LogP contribution in [0.25, 0.3) is 0 Å². The van der Waals surface area contributed by atoms with Gasteiger partial charge in [0.05, 0.1) is 12.6 Å². The third-order valence-corrected chi connectivity index (χ3v) is 6.58. The highest BCUT2D eigenvalue weighted by Crippen LogP contribution is 2.61. The summed E-state index contributed by atoms with van der Waals surface area (Å²) in [5.41, 5.74) is -1.87. The fourth-order valence-corrected chi connectivity index (χ4v) is 4.86. The van der Waals surface area contributed by atoms with Crippen LogP contribution < -0.4 is 5.32 Å². The van der Waals surface area contributed by atoms with E-state index in [1.54, 1.807) is 0 Å². The Balaban J connectivity index is 1.49. The molecule has 3 rings (SSSR count). The minimum Gasteiger partial charge on any atom is -0.342 e. The van der Waals surface area contributed by atoms with Gasteiger partial charge in [-0.3, -0.25) is 14.4 Å². The number of alkyl halides is 1. The van der Waals surface area contributed by atoms with Crippen molar-refractivity contribution >= 4 is 17.7 Å². The maximum Gasteiger partial charge on any atom is 0.258 e. The number of hydrogen-bond acceptors (Lipinski definition) is 4. The lowest BCUT2D eigenvalue weighted by Crippen LogP contribution is -2.62. The van der Waals surface area contributed by atoms with Crippen LogP contribution in [0.3, 0.4) is 0 Å². The summed E-state index contributed by atoms with van der Waals surface area (Å²) in [4.78, 5) is 40.0. The fraction of sp³-hybridized carbons (Fsp3) is 0.800. The summed E-state index contributed by atoms with van der Waals surface area (Å²) < 4.78 is 14.7. The average molecular weight is 392 g/mol. The number of hydrogen-bond donors (Lipinski definition) is 1. The molecule has 0 bridgehead atoms. The zero-order valence-electron chi connectivity index (χ0n) is 16.8. The Kier molecular flexibility index (Phi) is 5.39. The van der Waals surface area contributed by atoms with E-state index in [9.17, 15) is 24.0 Å². The van der Waals surface area contributed by atoms with Crippen molar-refractivity contribution in [3.8, 4) is 6.07 Å². The van der Waals surface area contributed by atoms with Gasteiger partial charge in [-0.15, -0.1) is 0 Å². The first-order chi connectivity index (χ1) is 13.1. The Morgan fingerprint density at radius 1 is 1.36 bits per heavy atom. The molecule has 1 spiro atoms. The first-order valence-electron chi connectivity index (χ1n) is 10.0. The molecule has 3 aliphatic rings. The van der Waals surface area contributed by atoms with Crippen LogP contribution in [0.2, 0.25) is 0 Å². The summed E-state index contributed by atoms with van der Waals surface area (Å²) in [6.07, 6.45) is 4.15. The Hall–Kier alpha value is -2.17. The Morgan fingerprint density at radius 2 is 2.00 bits per heavy atom. The van der Waals surface area contributed by atoms with Gasteiger partial charge in [-0.05, 0) is 50.4 Å². The van der Waals surface area contributed by atoms with Crippen LogP contribution in [0, 0.1) is 22.7 Å². The Labute approximate surface area is 165 Å². The van der Waals surface area contributed by atoms with Crippen LogP contribution in [0.1, 0.15) is 52.4 Å². The van der Waals surface area contributed by atoms with Gasteiger partial charge < -0.3 is 15.1 Å². The molecule has 1 saturated heterocycles. The minimum atomic E-state index is -1.88. The van der Waals surface area contributed by atoms with Crippen LogP contribution in [0.15, 0.2) is 0 Å². The predicted octanol–water partition coefficient (Wildman–Crippen LogP) is 1.38. The van der Waals surface area contributed by atoms with Gasteiger partial charge in [0, 0.05) is 13.6 Å². The molecule has 3 fully saturated rings. The van der Waals surface area contributed by atoms with Crippen molar-refractivity contribution in [3.63, 3.8) is 0 Å². The van der Waals surface area contributed by atoms with Crippen LogP contribution in [0.5, 0.6) is 0 Å². The van der Waals surface area contributed by atoms with Crippen molar-refractivity contribution in [2.24, 2.45) is 11.3 Å². The molecule has 1 N–H and O–H groups in total. The normalized spacial score (nSPS) is 27.9. The van der Waals surface area contributed by atoms with Crippen molar-refractivity contribution in [2.75, 3.05) is 20.1 Å². The van der Waals surface area contributed by atoms with Crippen LogP contribution >= 0.6 is 0 Å². The van der Waals surface area contributed by atoms with Crippen LogP contribution in [-0.2, 0) is 14.4 Å². The van der Waals surface area contributed by atoms with Crippen molar-refractivity contribution < 1.29 is 18.8 Å². The average Bonchev–Trinajstić information content (AvgIpc) is 2.97. The highest BCUT2D eigenvalue weighted by molar-refractivity contribution is 5.93. The second kappa shape index (κ2) is 7.34. The molecule has 154 valence electrons. The van der Waals surface area contributed by atoms with Crippen LogP contribution in [0.4, 0.5) is 4.39 Å². The number of nitriles is 1. The largest absolute Gasteiger partial charge is 0.342 e. The molecule has 0 aromatic rings. The van der Waals surface area contributed by atoms with E-state index in [2.05, 4.69) is 11.4 Å². The second-order valence-electron chi connectivity index (χ2n) is 9.09. The number of nitrogens with zero attached hydrogens (tertiary/aromatic N) is 3. The fourth-order valence-electron chi connectivity index (χ4n) is 4.86. The Morgan fingerprint density at radius 3 is 2.54 bits per heavy atom. The Bertz CT molecular complexity index is 707. The highest BCUT2D eigenvalue weighted by Gasteiger charge is 2.61. The van der Waals surface area contributed by atoms with Gasteiger partial charge in [-0.2, -0.15) is 5.26 Å². The molecule has 1 aliphatic heterocycles. The van der Waals surface area contributed by atoms with Gasteiger partial charge >= 0.3 is 0 Å². The molecule has 0 aromatic heterocycles. The first kappa shape index (κ1) is 20.6. The number of halogens is 1. The third kappa shape index (κ3) is 3.71. The lowest BCUT2D eigenvalue weighted by Gasteiger charge is -2.56. The minimum absolute atomic E-state index is 0.00664. The zero-order valence-corrected chi connectivity index (χ0v) is 16.8. The van der Waals surface area contributed by atoms with Crippen molar-refractivity contribution in [1.29, 1.82) is 5.26 Å². The SMILES string of the molecule is CC1CC(C#N)N(C(=O)CN(C)C(=O)C(C)NC(=O)C2(F)CC3(CCC3)C2)C1. The molecule has 0 aromatic carbocycles. The summed E-state index contributed by atoms with van der Waals surface area (Å²) in [5.74, 6) is -1.24. The number of nitrogens with one attached hydrogen (secondary N) is 1. The third-order valence-electron chi connectivity index (χ3n) is 6.58. The second-order valence-corrected chi connectivity index (χ2v) is 9.09. The van der Waals surface area contributed by atoms with E-state index in [4.69, 9.17) is 0 Å². The van der Waals surface area contributed by atoms with Gasteiger partial charge in [-0.1, -0.05) is 13.3 Å². The predicted molar refractivity (Wildman–Crippen MR) is 99.5 cm³/mol. The lowest BCUT2D eigenvalue weighted by atomic mass is 9.50. The molecule has 2 aliphatic carbocycles. The number of amides is 3. The molecule has 1 heterocycles. The van der Waals surface area contributed by atoms with E-state index >= 15 is 0 Å². The number of rotatable bonds is 5. The zero-order chi connectivity index (χ0) is 20.7. The van der Waals surface area contributed by atoms with Gasteiger partial charge in [0.15, 0.2) is 5.67 Å². The molecule has 8 heteroatoms. The van der Waals surface area contributed by atoms with E-state index in [1.807, 2.05) is 6.92 Å². The number of likely N-dealkylation sites (tertiary alicyclic amines) is 1. The quantitative estimate of drug-likeness (QED) is 0.765. The highest BCUT2D eigenvalue weighted by atomic mass is 19.1. The molecule has 3 unspecified atom stereocenters. The molecular weight excluding hydrogens is 363 g/mol. The molecule has 3 atom stereocenters. The monoisotopic (exact) mass is 392 g/mol. The number of likely N-dealkylation sites (N-methyl/N-ethyl adjacent to an activating group) is 1. The van der Waals surface area contributed by atoms with E-state index in [0.29, 0.717) is 13.0 Å². The van der Waals surface area contributed by atoms with Crippen molar-refractivity contribution in [2.45, 2.75) is 70.1 Å². The van der Waals surface area contributed by atoms with Crippen molar-refractivity contribution in [1.82, 2.24) is 15.1 Å². The van der Waals surface area contributed by atoms with E-state index in [-0.39, 0.29) is 36.6 Å². The maximum atomic E-state index is 14.7. The molecular formula is C20H29FN4O3.